The molecule has 1 aromatic rings. The Hall–Kier alpha value is -1.13. The number of nitrogens with zero attached hydrogens (tertiary/aromatic N) is 1. The number of rotatable bonds is 9. The molecule has 4 nitrogen and oxygen atoms in total. The molecule has 1 aromatic carbocycles. The number of benzene rings is 1. The lowest BCUT2D eigenvalue weighted by Gasteiger charge is -2.20. The van der Waals surface area contributed by atoms with Gasteiger partial charge in [0.05, 0.1) is 9.95 Å². The third-order valence-corrected chi connectivity index (χ3v) is 3.80. The third-order valence-electron chi connectivity index (χ3n) is 3.45. The van der Waals surface area contributed by atoms with Crippen LogP contribution in [0.15, 0.2) is 18.2 Å². The number of halogens is 1. The fraction of sp³-hybridized carbons (Fsp3) is 0.625. The summed E-state index contributed by atoms with van der Waals surface area (Å²) in [5.74, 6) is 0.645. The summed E-state index contributed by atoms with van der Waals surface area (Å²) in [6, 6.07) is 5.20. The number of non-ortho nitro benzene ring substituents is 1. The molecule has 0 aliphatic carbocycles. The van der Waals surface area contributed by atoms with Gasteiger partial charge in [0, 0.05) is 18.2 Å². The van der Waals surface area contributed by atoms with Gasteiger partial charge in [-0.25, -0.2) is 0 Å². The lowest BCUT2D eigenvalue weighted by Crippen LogP contribution is -2.31. The van der Waals surface area contributed by atoms with Crippen molar-refractivity contribution in [1.29, 1.82) is 0 Å². The Balaban J connectivity index is 2.64. The molecule has 0 saturated heterocycles. The van der Waals surface area contributed by atoms with Gasteiger partial charge in [-0.1, -0.05) is 38.4 Å². The van der Waals surface area contributed by atoms with Crippen LogP contribution >= 0.6 is 11.6 Å². The number of hydrogen-bond acceptors (Lipinski definition) is 3. The number of hydrogen-bond donors (Lipinski definition) is 1. The molecule has 1 atom stereocenters. The quantitative estimate of drug-likeness (QED) is 0.535. The van der Waals surface area contributed by atoms with E-state index < -0.39 is 4.92 Å². The van der Waals surface area contributed by atoms with Crippen LogP contribution in [0.4, 0.5) is 5.69 Å². The molecule has 0 fully saturated rings. The van der Waals surface area contributed by atoms with Crippen LogP contribution in [-0.4, -0.2) is 17.5 Å². The maximum absolute atomic E-state index is 10.7. The Morgan fingerprint density at radius 1 is 1.38 bits per heavy atom. The molecule has 0 saturated carbocycles. The number of nitro groups is 1. The molecule has 0 heterocycles. The van der Waals surface area contributed by atoms with Crippen molar-refractivity contribution in [3.8, 4) is 0 Å². The smallest absolute Gasteiger partial charge is 0.270 e. The van der Waals surface area contributed by atoms with E-state index in [1.54, 1.807) is 6.07 Å². The molecule has 118 valence electrons. The summed E-state index contributed by atoms with van der Waals surface area (Å²) in [5.41, 5.74) is 1.03. The largest absolute Gasteiger partial charge is 0.314 e. The number of nitro benzene ring substituents is 1. The summed E-state index contributed by atoms with van der Waals surface area (Å²) in [7, 11) is 0. The maximum atomic E-state index is 10.7. The number of aryl methyl sites for hydroxylation is 1. The predicted octanol–water partition coefficient (Wildman–Crippen LogP) is 4.60. The van der Waals surface area contributed by atoms with Gasteiger partial charge < -0.3 is 5.32 Å². The van der Waals surface area contributed by atoms with Gasteiger partial charge in [0.25, 0.3) is 5.69 Å². The molecule has 0 amide bonds. The highest BCUT2D eigenvalue weighted by molar-refractivity contribution is 6.31. The van der Waals surface area contributed by atoms with Gasteiger partial charge in [-0.2, -0.15) is 0 Å². The van der Waals surface area contributed by atoms with Crippen LogP contribution in [0.2, 0.25) is 5.02 Å². The van der Waals surface area contributed by atoms with Crippen LogP contribution in [0.25, 0.3) is 0 Å². The van der Waals surface area contributed by atoms with E-state index in [0.717, 1.165) is 37.8 Å². The van der Waals surface area contributed by atoms with Crippen LogP contribution in [0.3, 0.4) is 0 Å². The summed E-state index contributed by atoms with van der Waals surface area (Å²) in [5, 5.41) is 14.8. The van der Waals surface area contributed by atoms with Gasteiger partial charge in [0.1, 0.15) is 0 Å². The monoisotopic (exact) mass is 312 g/mol. The molecule has 0 radical (unpaired) electrons. The topological polar surface area (TPSA) is 55.2 Å². The lowest BCUT2D eigenvalue weighted by atomic mass is 9.97. The Labute approximate surface area is 132 Å². The van der Waals surface area contributed by atoms with E-state index in [-0.39, 0.29) is 5.69 Å². The van der Waals surface area contributed by atoms with Gasteiger partial charge in [0.2, 0.25) is 0 Å². The molecular weight excluding hydrogens is 288 g/mol. The first-order valence-corrected chi connectivity index (χ1v) is 7.98. The second-order valence-corrected chi connectivity index (χ2v) is 6.26. The second kappa shape index (κ2) is 9.00. The zero-order valence-electron chi connectivity index (χ0n) is 13.1. The van der Waals surface area contributed by atoms with Crippen molar-refractivity contribution in [3.05, 3.63) is 38.9 Å². The first-order valence-electron chi connectivity index (χ1n) is 7.60. The van der Waals surface area contributed by atoms with E-state index in [0.29, 0.717) is 17.0 Å². The fourth-order valence-corrected chi connectivity index (χ4v) is 2.67. The van der Waals surface area contributed by atoms with Crippen LogP contribution < -0.4 is 5.32 Å². The SMILES string of the molecule is CCCNC(CCc1ccc([N+](=O)[O-])cc1Cl)CC(C)C. The van der Waals surface area contributed by atoms with E-state index in [1.165, 1.54) is 12.1 Å². The molecule has 0 aliphatic heterocycles. The zero-order chi connectivity index (χ0) is 15.8. The van der Waals surface area contributed by atoms with Crippen molar-refractivity contribution in [2.45, 2.75) is 52.5 Å². The van der Waals surface area contributed by atoms with Crippen molar-refractivity contribution in [2.24, 2.45) is 5.92 Å². The van der Waals surface area contributed by atoms with Gasteiger partial charge >= 0.3 is 0 Å². The maximum Gasteiger partial charge on any atom is 0.270 e. The molecule has 1 rings (SSSR count). The molecule has 0 aliphatic rings. The Morgan fingerprint density at radius 2 is 2.10 bits per heavy atom. The molecule has 5 heteroatoms. The number of nitrogens with one attached hydrogen (secondary N) is 1. The molecule has 0 spiro atoms. The minimum atomic E-state index is -0.417. The predicted molar refractivity (Wildman–Crippen MR) is 88.0 cm³/mol. The standard InChI is InChI=1S/C16H25ClN2O2/c1-4-9-18-14(10-12(2)3)7-5-13-6-8-15(19(20)21)11-16(13)17/h6,8,11-12,14,18H,4-5,7,9-10H2,1-3H3. The fourth-order valence-electron chi connectivity index (χ4n) is 2.40. The average molecular weight is 313 g/mol. The Morgan fingerprint density at radius 3 is 2.62 bits per heavy atom. The second-order valence-electron chi connectivity index (χ2n) is 5.85. The van der Waals surface area contributed by atoms with Crippen molar-refractivity contribution in [2.75, 3.05) is 6.54 Å². The minimum absolute atomic E-state index is 0.0478. The highest BCUT2D eigenvalue weighted by Gasteiger charge is 2.13. The summed E-state index contributed by atoms with van der Waals surface area (Å²) < 4.78 is 0. The lowest BCUT2D eigenvalue weighted by molar-refractivity contribution is -0.384. The highest BCUT2D eigenvalue weighted by Crippen LogP contribution is 2.24. The summed E-state index contributed by atoms with van der Waals surface area (Å²) in [6.45, 7) is 7.62. The van der Waals surface area contributed by atoms with Crippen molar-refractivity contribution in [1.82, 2.24) is 5.32 Å². The van der Waals surface area contributed by atoms with Crippen LogP contribution in [0, 0.1) is 16.0 Å². The van der Waals surface area contributed by atoms with Gasteiger partial charge in [-0.05, 0) is 43.7 Å². The van der Waals surface area contributed by atoms with E-state index in [9.17, 15) is 10.1 Å². The van der Waals surface area contributed by atoms with Crippen molar-refractivity contribution >= 4 is 17.3 Å². The normalized spacial score (nSPS) is 12.6. The Bertz CT molecular complexity index is 464. The molecule has 0 bridgehead atoms. The van der Waals surface area contributed by atoms with Gasteiger partial charge in [-0.15, -0.1) is 0 Å². The van der Waals surface area contributed by atoms with E-state index in [2.05, 4.69) is 26.1 Å². The van der Waals surface area contributed by atoms with Crippen LogP contribution in [0.5, 0.6) is 0 Å². The van der Waals surface area contributed by atoms with Crippen LogP contribution in [0.1, 0.15) is 45.6 Å². The minimum Gasteiger partial charge on any atom is -0.314 e. The molecule has 0 aromatic heterocycles. The van der Waals surface area contributed by atoms with E-state index >= 15 is 0 Å². The Kier molecular flexibility index (Phi) is 7.68. The van der Waals surface area contributed by atoms with E-state index in [4.69, 9.17) is 11.6 Å². The first kappa shape index (κ1) is 17.9. The van der Waals surface area contributed by atoms with E-state index in [1.807, 2.05) is 0 Å². The summed E-state index contributed by atoms with van der Waals surface area (Å²) >= 11 is 6.14. The highest BCUT2D eigenvalue weighted by atomic mass is 35.5. The molecule has 21 heavy (non-hydrogen) atoms. The first-order chi connectivity index (χ1) is 9.93. The molecule has 1 unspecified atom stereocenters. The van der Waals surface area contributed by atoms with Crippen LogP contribution in [-0.2, 0) is 6.42 Å². The average Bonchev–Trinajstić information content (AvgIpc) is 2.42. The zero-order valence-corrected chi connectivity index (χ0v) is 13.8. The third kappa shape index (κ3) is 6.44. The summed E-state index contributed by atoms with van der Waals surface area (Å²) in [6.07, 6.45) is 4.08. The molecular formula is C16H25ClN2O2. The van der Waals surface area contributed by atoms with Gasteiger partial charge in [-0.3, -0.25) is 10.1 Å². The van der Waals surface area contributed by atoms with Crippen molar-refractivity contribution < 1.29 is 4.92 Å². The van der Waals surface area contributed by atoms with Crippen molar-refractivity contribution in [3.63, 3.8) is 0 Å². The molecule has 1 N–H and O–H groups in total. The summed E-state index contributed by atoms with van der Waals surface area (Å²) in [4.78, 5) is 10.3. The van der Waals surface area contributed by atoms with Gasteiger partial charge in [0.15, 0.2) is 0 Å².